The van der Waals surface area contributed by atoms with Crippen LogP contribution in [0.2, 0.25) is 0 Å². The number of nitrogens with zero attached hydrogens (tertiary/aromatic N) is 1. The first-order valence-electron chi connectivity index (χ1n) is 6.17. The molecule has 0 spiro atoms. The molecule has 1 unspecified atom stereocenters. The maximum absolute atomic E-state index is 8.67. The van der Waals surface area contributed by atoms with Crippen LogP contribution in [0.1, 0.15) is 43.2 Å². The van der Waals surface area contributed by atoms with Crippen molar-refractivity contribution in [2.45, 2.75) is 32.1 Å². The van der Waals surface area contributed by atoms with Gasteiger partial charge in [0.05, 0.1) is 6.07 Å². The van der Waals surface area contributed by atoms with E-state index in [2.05, 4.69) is 66.4 Å². The van der Waals surface area contributed by atoms with Gasteiger partial charge in [-0.05, 0) is 59.1 Å². The molecule has 1 aromatic rings. The highest BCUT2D eigenvalue weighted by Gasteiger charge is 2.29. The number of benzene rings is 1. The van der Waals surface area contributed by atoms with Crippen molar-refractivity contribution in [2.24, 2.45) is 0 Å². The summed E-state index contributed by atoms with van der Waals surface area (Å²) in [5, 5.41) is 8.67. The molecule has 0 saturated carbocycles. The van der Waals surface area contributed by atoms with Crippen LogP contribution in [0, 0.1) is 11.3 Å². The van der Waals surface area contributed by atoms with Crippen molar-refractivity contribution in [3.8, 4) is 6.07 Å². The Morgan fingerprint density at radius 2 is 2.17 bits per heavy atom. The molecule has 1 aliphatic carbocycles. The first-order chi connectivity index (χ1) is 8.66. The van der Waals surface area contributed by atoms with E-state index in [4.69, 9.17) is 5.26 Å². The molecule has 1 aromatic carbocycles. The van der Waals surface area contributed by atoms with Crippen molar-refractivity contribution < 1.29 is 0 Å². The molecule has 1 aliphatic rings. The highest BCUT2D eigenvalue weighted by Crippen LogP contribution is 2.49. The molecule has 0 N–H and O–H groups in total. The number of allylic oxidation sites excluding steroid dienone is 2. The van der Waals surface area contributed by atoms with Crippen LogP contribution in [0.4, 0.5) is 0 Å². The van der Waals surface area contributed by atoms with Crippen molar-refractivity contribution in [2.75, 3.05) is 0 Å². The summed E-state index contributed by atoms with van der Waals surface area (Å²) in [5.74, 6) is 0.354. The lowest BCUT2D eigenvalue weighted by Crippen LogP contribution is -2.00. The number of rotatable bonds is 4. The number of hydrogen-bond donors (Lipinski definition) is 0. The zero-order valence-corrected chi connectivity index (χ0v) is 12.7. The predicted octanol–water partition coefficient (Wildman–Crippen LogP) is 5.20. The van der Waals surface area contributed by atoms with Crippen molar-refractivity contribution in [3.05, 3.63) is 53.1 Å². The SMILES string of the molecule is C=C(C)C1C(CCCC#N)=C(I)c2ccccc21. The number of unbranched alkanes of at least 4 members (excludes halogenated alkanes) is 1. The maximum Gasteiger partial charge on any atom is 0.0621 e. The molecular weight excluding hydrogens is 333 g/mol. The van der Waals surface area contributed by atoms with Crippen LogP contribution < -0.4 is 0 Å². The van der Waals surface area contributed by atoms with Gasteiger partial charge in [-0.15, -0.1) is 0 Å². The second-order valence-electron chi connectivity index (χ2n) is 4.72. The third kappa shape index (κ3) is 2.37. The van der Waals surface area contributed by atoms with E-state index in [0.29, 0.717) is 12.3 Å². The Kier molecular flexibility index (Phi) is 4.23. The van der Waals surface area contributed by atoms with Crippen molar-refractivity contribution in [1.29, 1.82) is 5.26 Å². The number of nitriles is 1. The van der Waals surface area contributed by atoms with E-state index in [9.17, 15) is 0 Å². The lowest BCUT2D eigenvalue weighted by Gasteiger charge is -2.16. The zero-order valence-electron chi connectivity index (χ0n) is 10.5. The molecule has 2 rings (SSSR count). The Labute approximate surface area is 122 Å². The monoisotopic (exact) mass is 349 g/mol. The highest BCUT2D eigenvalue weighted by molar-refractivity contribution is 14.1. The normalized spacial score (nSPS) is 17.5. The van der Waals surface area contributed by atoms with Crippen LogP contribution in [0.25, 0.3) is 3.58 Å². The van der Waals surface area contributed by atoms with Crippen LogP contribution in [0.15, 0.2) is 42.0 Å². The van der Waals surface area contributed by atoms with Gasteiger partial charge in [0.25, 0.3) is 0 Å². The highest BCUT2D eigenvalue weighted by atomic mass is 127. The average Bonchev–Trinajstić information content (AvgIpc) is 2.64. The summed E-state index contributed by atoms with van der Waals surface area (Å²) in [6.45, 7) is 6.24. The summed E-state index contributed by atoms with van der Waals surface area (Å²) >= 11 is 2.44. The molecule has 0 radical (unpaired) electrons. The third-order valence-electron chi connectivity index (χ3n) is 3.37. The lowest BCUT2D eigenvalue weighted by atomic mass is 9.88. The maximum atomic E-state index is 8.67. The molecule has 0 heterocycles. The fourth-order valence-electron chi connectivity index (χ4n) is 2.61. The van der Waals surface area contributed by atoms with E-state index in [1.165, 1.54) is 25.9 Å². The quantitative estimate of drug-likeness (QED) is 0.416. The van der Waals surface area contributed by atoms with E-state index in [1.54, 1.807) is 0 Å². The van der Waals surface area contributed by atoms with E-state index in [-0.39, 0.29) is 0 Å². The molecule has 0 aliphatic heterocycles. The summed E-state index contributed by atoms with van der Waals surface area (Å²) in [6.07, 6.45) is 2.57. The van der Waals surface area contributed by atoms with Gasteiger partial charge >= 0.3 is 0 Å². The van der Waals surface area contributed by atoms with Crippen molar-refractivity contribution in [1.82, 2.24) is 0 Å². The van der Waals surface area contributed by atoms with Crippen LogP contribution in [-0.4, -0.2) is 0 Å². The Morgan fingerprint density at radius 3 is 2.83 bits per heavy atom. The standard InChI is InChI=1S/C16H16IN/c1-11(2)15-12-7-3-4-8-13(12)16(17)14(15)9-5-6-10-18/h3-4,7-8,15H,1,5-6,9H2,2H3. The molecule has 92 valence electrons. The zero-order chi connectivity index (χ0) is 13.1. The summed E-state index contributed by atoms with van der Waals surface area (Å²) in [6, 6.07) is 10.8. The summed E-state index contributed by atoms with van der Waals surface area (Å²) < 4.78 is 1.36. The summed E-state index contributed by atoms with van der Waals surface area (Å²) in [5.41, 5.74) is 5.36. The topological polar surface area (TPSA) is 23.8 Å². The van der Waals surface area contributed by atoms with Gasteiger partial charge in [0.1, 0.15) is 0 Å². The van der Waals surface area contributed by atoms with Crippen molar-refractivity contribution >= 4 is 26.2 Å². The predicted molar refractivity (Wildman–Crippen MR) is 84.4 cm³/mol. The smallest absolute Gasteiger partial charge is 0.0621 e. The number of hydrogen-bond acceptors (Lipinski definition) is 1. The van der Waals surface area contributed by atoms with Crippen molar-refractivity contribution in [3.63, 3.8) is 0 Å². The minimum Gasteiger partial charge on any atom is -0.198 e. The molecule has 0 fully saturated rings. The van der Waals surface area contributed by atoms with E-state index in [0.717, 1.165) is 12.8 Å². The minimum atomic E-state index is 0.354. The third-order valence-corrected chi connectivity index (χ3v) is 4.64. The number of fused-ring (bicyclic) bond motifs is 1. The fourth-order valence-corrected chi connectivity index (χ4v) is 3.68. The Morgan fingerprint density at radius 1 is 1.44 bits per heavy atom. The molecule has 1 nitrogen and oxygen atoms in total. The molecule has 18 heavy (non-hydrogen) atoms. The first kappa shape index (κ1) is 13.4. The van der Waals surface area contributed by atoms with Gasteiger partial charge in [-0.3, -0.25) is 0 Å². The van der Waals surface area contributed by atoms with Gasteiger partial charge in [-0.1, -0.05) is 36.4 Å². The van der Waals surface area contributed by atoms with Crippen LogP contribution >= 0.6 is 22.6 Å². The van der Waals surface area contributed by atoms with Gasteiger partial charge in [0.2, 0.25) is 0 Å². The summed E-state index contributed by atoms with van der Waals surface area (Å²) in [7, 11) is 0. The Bertz CT molecular complexity index is 548. The molecule has 0 saturated heterocycles. The van der Waals surface area contributed by atoms with Crippen LogP contribution in [0.5, 0.6) is 0 Å². The largest absolute Gasteiger partial charge is 0.198 e. The minimum absolute atomic E-state index is 0.354. The van der Waals surface area contributed by atoms with Gasteiger partial charge < -0.3 is 0 Å². The fraction of sp³-hybridized carbons (Fsp3) is 0.312. The Balaban J connectivity index is 2.36. The number of halogens is 1. The molecule has 1 atom stereocenters. The first-order valence-corrected chi connectivity index (χ1v) is 7.25. The summed E-state index contributed by atoms with van der Waals surface area (Å²) in [4.78, 5) is 0. The van der Waals surface area contributed by atoms with Gasteiger partial charge in [0, 0.05) is 15.9 Å². The van der Waals surface area contributed by atoms with Gasteiger partial charge in [0.15, 0.2) is 0 Å². The molecule has 0 amide bonds. The van der Waals surface area contributed by atoms with Gasteiger partial charge in [-0.25, -0.2) is 0 Å². The lowest BCUT2D eigenvalue weighted by molar-refractivity contribution is 0.785. The van der Waals surface area contributed by atoms with E-state index in [1.807, 2.05) is 0 Å². The van der Waals surface area contributed by atoms with Crippen LogP contribution in [-0.2, 0) is 0 Å². The average molecular weight is 349 g/mol. The molecule has 2 heteroatoms. The molecule has 0 aromatic heterocycles. The van der Waals surface area contributed by atoms with Gasteiger partial charge in [-0.2, -0.15) is 5.26 Å². The van der Waals surface area contributed by atoms with E-state index < -0.39 is 0 Å². The molecule has 0 bridgehead atoms. The second kappa shape index (κ2) is 5.71. The Hall–Kier alpha value is -1.08. The molecular formula is C16H16IN. The van der Waals surface area contributed by atoms with Crippen LogP contribution in [0.3, 0.4) is 0 Å². The second-order valence-corrected chi connectivity index (χ2v) is 5.80. The van der Waals surface area contributed by atoms with E-state index >= 15 is 0 Å².